The number of aromatic nitrogens is 2. The van der Waals surface area contributed by atoms with E-state index in [1.807, 2.05) is 19.4 Å². The molecule has 7 nitrogen and oxygen atoms in total. The van der Waals surface area contributed by atoms with Crippen LogP contribution in [0.25, 0.3) is 0 Å². The second-order valence-corrected chi connectivity index (χ2v) is 6.85. The third-order valence-electron chi connectivity index (χ3n) is 4.95. The monoisotopic (exact) mass is 335 g/mol. The maximum atomic E-state index is 11.9. The standard InChI is InChI=1S/C17H29N5O2/c1-21-9-8-18-16(21)13-22-10-11-24-15(12-22)6-7-19-17(23)20-14-4-2-3-5-14/h8-9,14-15H,2-7,10-13H2,1H3,(H2,19,20,23). The predicted octanol–water partition coefficient (Wildman–Crippen LogP) is 1.25. The van der Waals surface area contributed by atoms with Crippen LogP contribution in [0.3, 0.4) is 0 Å². The van der Waals surface area contributed by atoms with Gasteiger partial charge in [0.25, 0.3) is 0 Å². The Morgan fingerprint density at radius 1 is 1.42 bits per heavy atom. The molecule has 2 N–H and O–H groups in total. The fourth-order valence-corrected chi connectivity index (χ4v) is 3.50. The molecule has 7 heteroatoms. The van der Waals surface area contributed by atoms with E-state index in [4.69, 9.17) is 4.74 Å². The van der Waals surface area contributed by atoms with Gasteiger partial charge in [-0.2, -0.15) is 0 Å². The number of amides is 2. The van der Waals surface area contributed by atoms with Crippen molar-refractivity contribution in [3.8, 4) is 0 Å². The molecule has 134 valence electrons. The minimum atomic E-state index is -0.0393. The number of morpholine rings is 1. The van der Waals surface area contributed by atoms with E-state index in [0.717, 1.165) is 51.3 Å². The zero-order valence-corrected chi connectivity index (χ0v) is 14.5. The van der Waals surface area contributed by atoms with Crippen LogP contribution in [0.15, 0.2) is 12.4 Å². The highest BCUT2D eigenvalue weighted by Gasteiger charge is 2.22. The molecule has 0 bridgehead atoms. The number of carbonyl (C=O) groups is 1. The maximum Gasteiger partial charge on any atom is 0.315 e. The third kappa shape index (κ3) is 4.95. The molecule has 1 aromatic rings. The second-order valence-electron chi connectivity index (χ2n) is 6.85. The Morgan fingerprint density at radius 3 is 3.00 bits per heavy atom. The van der Waals surface area contributed by atoms with E-state index in [1.54, 1.807) is 0 Å². The van der Waals surface area contributed by atoms with Crippen LogP contribution in [0.4, 0.5) is 4.79 Å². The van der Waals surface area contributed by atoms with Crippen LogP contribution in [-0.4, -0.2) is 58.9 Å². The molecule has 0 aromatic carbocycles. The van der Waals surface area contributed by atoms with Gasteiger partial charge in [0.2, 0.25) is 0 Å². The van der Waals surface area contributed by atoms with Gasteiger partial charge in [0.15, 0.2) is 0 Å². The van der Waals surface area contributed by atoms with Crippen molar-refractivity contribution in [1.29, 1.82) is 0 Å². The molecule has 1 aliphatic carbocycles. The van der Waals surface area contributed by atoms with Crippen LogP contribution >= 0.6 is 0 Å². The van der Waals surface area contributed by atoms with E-state index < -0.39 is 0 Å². The largest absolute Gasteiger partial charge is 0.375 e. The summed E-state index contributed by atoms with van der Waals surface area (Å²) >= 11 is 0. The van der Waals surface area contributed by atoms with Gasteiger partial charge in [-0.3, -0.25) is 4.90 Å². The summed E-state index contributed by atoms with van der Waals surface area (Å²) in [5.41, 5.74) is 0. The van der Waals surface area contributed by atoms with E-state index in [-0.39, 0.29) is 12.1 Å². The van der Waals surface area contributed by atoms with Gasteiger partial charge in [-0.1, -0.05) is 12.8 Å². The Kier molecular flexibility index (Phi) is 6.09. The van der Waals surface area contributed by atoms with Crippen LogP contribution in [0, 0.1) is 0 Å². The third-order valence-corrected chi connectivity index (χ3v) is 4.95. The fraction of sp³-hybridized carbons (Fsp3) is 0.765. The van der Waals surface area contributed by atoms with E-state index >= 15 is 0 Å². The number of aryl methyl sites for hydroxylation is 1. The van der Waals surface area contributed by atoms with E-state index in [0.29, 0.717) is 12.6 Å². The lowest BCUT2D eigenvalue weighted by Gasteiger charge is -2.32. The number of ether oxygens (including phenoxy) is 1. The van der Waals surface area contributed by atoms with E-state index in [1.165, 1.54) is 12.8 Å². The average Bonchev–Trinajstić information content (AvgIpc) is 3.20. The van der Waals surface area contributed by atoms with Crippen LogP contribution in [0.5, 0.6) is 0 Å². The summed E-state index contributed by atoms with van der Waals surface area (Å²) in [4.78, 5) is 18.6. The van der Waals surface area contributed by atoms with Crippen LogP contribution in [0.1, 0.15) is 37.9 Å². The Balaban J connectivity index is 1.34. The first kappa shape index (κ1) is 17.2. The summed E-state index contributed by atoms with van der Waals surface area (Å²) in [5.74, 6) is 1.07. The molecule has 1 unspecified atom stereocenters. The molecule has 3 rings (SSSR count). The smallest absolute Gasteiger partial charge is 0.315 e. The van der Waals surface area contributed by atoms with Crippen molar-refractivity contribution in [2.75, 3.05) is 26.2 Å². The molecule has 2 amide bonds. The van der Waals surface area contributed by atoms with Crippen molar-refractivity contribution in [2.45, 2.75) is 50.8 Å². The van der Waals surface area contributed by atoms with Gasteiger partial charge in [-0.05, 0) is 19.3 Å². The molecule has 1 saturated heterocycles. The van der Waals surface area contributed by atoms with Gasteiger partial charge in [-0.25, -0.2) is 9.78 Å². The summed E-state index contributed by atoms with van der Waals surface area (Å²) in [7, 11) is 2.02. The minimum Gasteiger partial charge on any atom is -0.375 e. The van der Waals surface area contributed by atoms with Crippen molar-refractivity contribution in [3.05, 3.63) is 18.2 Å². The molecule has 0 radical (unpaired) electrons. The van der Waals surface area contributed by atoms with Gasteiger partial charge < -0.3 is 19.9 Å². The van der Waals surface area contributed by atoms with Crippen molar-refractivity contribution >= 4 is 6.03 Å². The molecular formula is C17H29N5O2. The first-order chi connectivity index (χ1) is 11.7. The van der Waals surface area contributed by atoms with Crippen molar-refractivity contribution in [3.63, 3.8) is 0 Å². The molecule has 2 aliphatic rings. The number of nitrogens with one attached hydrogen (secondary N) is 2. The number of hydrogen-bond donors (Lipinski definition) is 2. The zero-order valence-electron chi connectivity index (χ0n) is 14.5. The van der Waals surface area contributed by atoms with E-state index in [2.05, 4.69) is 25.1 Å². The SMILES string of the molecule is Cn1ccnc1CN1CCOC(CCNC(=O)NC2CCCC2)C1. The molecular weight excluding hydrogens is 306 g/mol. The molecule has 0 spiro atoms. The van der Waals surface area contributed by atoms with Crippen LogP contribution in [0.2, 0.25) is 0 Å². The van der Waals surface area contributed by atoms with Gasteiger partial charge in [0.05, 0.1) is 19.3 Å². The highest BCUT2D eigenvalue weighted by Crippen LogP contribution is 2.17. The number of imidazole rings is 1. The average molecular weight is 335 g/mol. The first-order valence-electron chi connectivity index (χ1n) is 9.05. The molecule has 1 aliphatic heterocycles. The second kappa shape index (κ2) is 8.48. The molecule has 2 heterocycles. The first-order valence-corrected chi connectivity index (χ1v) is 9.05. The van der Waals surface area contributed by atoms with Gasteiger partial charge in [0, 0.05) is 45.1 Å². The summed E-state index contributed by atoms with van der Waals surface area (Å²) in [6.45, 7) is 4.06. The number of carbonyl (C=O) groups excluding carboxylic acids is 1. The summed E-state index contributed by atoms with van der Waals surface area (Å²) in [6, 6.07) is 0.326. The summed E-state index contributed by atoms with van der Waals surface area (Å²) in [5, 5.41) is 6.01. The van der Waals surface area contributed by atoms with Crippen molar-refractivity contribution < 1.29 is 9.53 Å². The molecule has 2 fully saturated rings. The van der Waals surface area contributed by atoms with Crippen molar-refractivity contribution in [1.82, 2.24) is 25.1 Å². The fourth-order valence-electron chi connectivity index (χ4n) is 3.50. The summed E-state index contributed by atoms with van der Waals surface area (Å²) < 4.78 is 7.89. The number of nitrogens with zero attached hydrogens (tertiary/aromatic N) is 3. The van der Waals surface area contributed by atoms with E-state index in [9.17, 15) is 4.79 Å². The number of hydrogen-bond acceptors (Lipinski definition) is 4. The quantitative estimate of drug-likeness (QED) is 0.821. The normalized spacial score (nSPS) is 22.6. The minimum absolute atomic E-state index is 0.0393. The topological polar surface area (TPSA) is 71.4 Å². The van der Waals surface area contributed by atoms with Gasteiger partial charge >= 0.3 is 6.03 Å². The number of rotatable bonds is 6. The molecule has 1 atom stereocenters. The Morgan fingerprint density at radius 2 is 2.25 bits per heavy atom. The predicted molar refractivity (Wildman–Crippen MR) is 91.6 cm³/mol. The highest BCUT2D eigenvalue weighted by atomic mass is 16.5. The Bertz CT molecular complexity index is 527. The molecule has 1 saturated carbocycles. The zero-order chi connectivity index (χ0) is 16.8. The Labute approximate surface area is 143 Å². The van der Waals surface area contributed by atoms with Crippen LogP contribution < -0.4 is 10.6 Å². The summed E-state index contributed by atoms with van der Waals surface area (Å²) in [6.07, 6.45) is 9.50. The molecule has 1 aromatic heterocycles. The van der Waals surface area contributed by atoms with Crippen molar-refractivity contribution in [2.24, 2.45) is 7.05 Å². The maximum absolute atomic E-state index is 11.9. The lowest BCUT2D eigenvalue weighted by molar-refractivity contribution is -0.0350. The lowest BCUT2D eigenvalue weighted by Crippen LogP contribution is -2.45. The van der Waals surface area contributed by atoms with Gasteiger partial charge in [0.1, 0.15) is 5.82 Å². The molecule has 24 heavy (non-hydrogen) atoms. The van der Waals surface area contributed by atoms with Crippen LogP contribution in [-0.2, 0) is 18.3 Å². The number of urea groups is 1. The van der Waals surface area contributed by atoms with Gasteiger partial charge in [-0.15, -0.1) is 0 Å². The lowest BCUT2D eigenvalue weighted by atomic mass is 10.2. The Hall–Kier alpha value is -1.60. The highest BCUT2D eigenvalue weighted by molar-refractivity contribution is 5.74.